The Kier molecular flexibility index (Phi) is 4.28. The van der Waals surface area contributed by atoms with Crippen molar-refractivity contribution in [3.8, 4) is 5.75 Å². The van der Waals surface area contributed by atoms with Crippen molar-refractivity contribution in [1.82, 2.24) is 0 Å². The summed E-state index contributed by atoms with van der Waals surface area (Å²) in [6, 6.07) is 4.71. The smallest absolute Gasteiger partial charge is 0.192 e. The van der Waals surface area contributed by atoms with Gasteiger partial charge in [0.05, 0.1) is 17.6 Å². The third-order valence-corrected chi connectivity index (χ3v) is 10.4. The van der Waals surface area contributed by atoms with Crippen LogP contribution in [-0.4, -0.2) is 31.1 Å². The molecule has 5 heteroatoms. The molecule has 3 atom stereocenters. The molecule has 0 amide bonds. The molecule has 0 heterocycles. The quantitative estimate of drug-likeness (QED) is 0.630. The number of rotatable bonds is 2. The minimum Gasteiger partial charge on any atom is -0.507 e. The summed E-state index contributed by atoms with van der Waals surface area (Å²) in [5.74, 6) is -1.31. The highest BCUT2D eigenvalue weighted by molar-refractivity contribution is 6.74. The van der Waals surface area contributed by atoms with Crippen molar-refractivity contribution in [3.05, 3.63) is 41.5 Å². The van der Waals surface area contributed by atoms with E-state index in [1.165, 1.54) is 6.07 Å². The Morgan fingerprint density at radius 3 is 2.48 bits per heavy atom. The van der Waals surface area contributed by atoms with Gasteiger partial charge in [0.25, 0.3) is 0 Å². The number of hydrogen-bond donors (Lipinski definition) is 1. The van der Waals surface area contributed by atoms with Crippen molar-refractivity contribution < 1.29 is 19.1 Å². The normalized spacial score (nSPS) is 26.4. The summed E-state index contributed by atoms with van der Waals surface area (Å²) in [5, 5.41) is 10.2. The number of fused-ring (bicyclic) bond motifs is 2. The van der Waals surface area contributed by atoms with Crippen LogP contribution in [-0.2, 0) is 4.43 Å². The maximum absolute atomic E-state index is 13.2. The van der Waals surface area contributed by atoms with Gasteiger partial charge in [-0.15, -0.1) is 0 Å². The zero-order valence-corrected chi connectivity index (χ0v) is 16.5. The number of allylic oxidation sites excluding steroid dienone is 1. The van der Waals surface area contributed by atoms with Crippen molar-refractivity contribution in [2.24, 2.45) is 11.8 Å². The molecule has 0 saturated carbocycles. The molecule has 3 rings (SSSR count). The molecule has 0 radical (unpaired) electrons. The predicted molar refractivity (Wildman–Crippen MR) is 99.6 cm³/mol. The number of ketones is 2. The Bertz CT molecular complexity index is 757. The molecule has 1 aromatic carbocycles. The maximum atomic E-state index is 13.2. The molecule has 0 unspecified atom stereocenters. The monoisotopic (exact) mass is 358 g/mol. The Labute approximate surface area is 150 Å². The maximum Gasteiger partial charge on any atom is 0.192 e. The van der Waals surface area contributed by atoms with Gasteiger partial charge in [0, 0.05) is 11.5 Å². The van der Waals surface area contributed by atoms with Crippen LogP contribution in [0.4, 0.5) is 0 Å². The second-order valence-electron chi connectivity index (χ2n) is 8.57. The molecule has 134 valence electrons. The SMILES string of the molecule is CC(C)(C)[Si](C)(C)O[C@H]1C=CC[C@H]2C(=O)c3cccc(O)c3C(=O)[C@@H]12. The Morgan fingerprint density at radius 2 is 1.84 bits per heavy atom. The van der Waals surface area contributed by atoms with Crippen molar-refractivity contribution in [1.29, 1.82) is 0 Å². The van der Waals surface area contributed by atoms with Gasteiger partial charge in [0.2, 0.25) is 0 Å². The summed E-state index contributed by atoms with van der Waals surface area (Å²) in [6.07, 6.45) is 4.01. The van der Waals surface area contributed by atoms with E-state index in [0.29, 0.717) is 12.0 Å². The third kappa shape index (κ3) is 2.89. The van der Waals surface area contributed by atoms with Crippen molar-refractivity contribution in [2.75, 3.05) is 0 Å². The molecule has 0 saturated heterocycles. The highest BCUT2D eigenvalue weighted by Gasteiger charge is 2.49. The zero-order valence-electron chi connectivity index (χ0n) is 15.5. The largest absolute Gasteiger partial charge is 0.507 e. The topological polar surface area (TPSA) is 63.6 Å². The van der Waals surface area contributed by atoms with Crippen LogP contribution in [0.3, 0.4) is 0 Å². The zero-order chi connectivity index (χ0) is 18.6. The molecule has 2 aliphatic rings. The van der Waals surface area contributed by atoms with E-state index >= 15 is 0 Å². The Morgan fingerprint density at radius 1 is 1.16 bits per heavy atom. The van der Waals surface area contributed by atoms with Gasteiger partial charge >= 0.3 is 0 Å². The molecule has 0 aromatic heterocycles. The van der Waals surface area contributed by atoms with E-state index < -0.39 is 26.3 Å². The number of hydrogen-bond acceptors (Lipinski definition) is 4. The van der Waals surface area contributed by atoms with Crippen LogP contribution in [0.2, 0.25) is 18.1 Å². The standard InChI is InChI=1S/C20H26O4Si/c1-20(2,3)25(4,5)24-15-11-7-9-13-17(15)19(23)16-12(18(13)22)8-6-10-14(16)21/h6-8,10-11,13,15,17,21H,9H2,1-5H3/t13-,15+,17-/m1/s1. The predicted octanol–water partition coefficient (Wildman–Crippen LogP) is 4.35. The fourth-order valence-corrected chi connectivity index (χ4v) is 4.72. The van der Waals surface area contributed by atoms with Crippen LogP contribution in [0.1, 0.15) is 47.9 Å². The second-order valence-corrected chi connectivity index (χ2v) is 13.3. The summed E-state index contributed by atoms with van der Waals surface area (Å²) in [5.41, 5.74) is 0.500. The summed E-state index contributed by atoms with van der Waals surface area (Å²) in [6.45, 7) is 10.7. The molecule has 2 aliphatic carbocycles. The summed E-state index contributed by atoms with van der Waals surface area (Å²) in [7, 11) is -2.10. The van der Waals surface area contributed by atoms with Crippen LogP contribution in [0.15, 0.2) is 30.4 Å². The molecular weight excluding hydrogens is 332 g/mol. The van der Waals surface area contributed by atoms with E-state index in [9.17, 15) is 14.7 Å². The van der Waals surface area contributed by atoms with Crippen LogP contribution in [0, 0.1) is 11.8 Å². The van der Waals surface area contributed by atoms with Gasteiger partial charge in [-0.3, -0.25) is 9.59 Å². The average Bonchev–Trinajstić information content (AvgIpc) is 2.50. The van der Waals surface area contributed by atoms with Gasteiger partial charge in [-0.25, -0.2) is 0 Å². The fraction of sp³-hybridized carbons (Fsp3) is 0.500. The number of carbonyl (C=O) groups excluding carboxylic acids is 2. The van der Waals surface area contributed by atoms with Gasteiger partial charge in [-0.1, -0.05) is 45.1 Å². The average molecular weight is 359 g/mol. The molecule has 0 bridgehead atoms. The van der Waals surface area contributed by atoms with Gasteiger partial charge in [-0.05, 0) is 30.6 Å². The lowest BCUT2D eigenvalue weighted by molar-refractivity contribution is 0.0544. The molecule has 1 aromatic rings. The van der Waals surface area contributed by atoms with Crippen LogP contribution >= 0.6 is 0 Å². The summed E-state index contributed by atoms with van der Waals surface area (Å²) < 4.78 is 6.48. The van der Waals surface area contributed by atoms with Crippen molar-refractivity contribution in [2.45, 2.75) is 51.4 Å². The third-order valence-electron chi connectivity index (χ3n) is 5.93. The van der Waals surface area contributed by atoms with E-state index in [4.69, 9.17) is 4.43 Å². The first-order chi connectivity index (χ1) is 11.5. The van der Waals surface area contributed by atoms with E-state index in [0.717, 1.165) is 0 Å². The number of phenolic OH excluding ortho intramolecular Hbond substituents is 1. The van der Waals surface area contributed by atoms with Gasteiger partial charge < -0.3 is 9.53 Å². The minimum absolute atomic E-state index is 0.00948. The summed E-state index contributed by atoms with van der Waals surface area (Å²) >= 11 is 0. The van der Waals surface area contributed by atoms with Crippen molar-refractivity contribution >= 4 is 19.9 Å². The highest BCUT2D eigenvalue weighted by Crippen LogP contribution is 2.44. The minimum atomic E-state index is -2.10. The first kappa shape index (κ1) is 18.1. The first-order valence-electron chi connectivity index (χ1n) is 8.79. The Balaban J connectivity index is 2.02. The van der Waals surface area contributed by atoms with Gasteiger partial charge in [0.15, 0.2) is 19.9 Å². The lowest BCUT2D eigenvalue weighted by Crippen LogP contribution is -2.51. The molecule has 0 aliphatic heterocycles. The summed E-state index contributed by atoms with van der Waals surface area (Å²) in [4.78, 5) is 26.1. The second kappa shape index (κ2) is 5.92. The van der Waals surface area contributed by atoms with E-state index in [2.05, 4.69) is 33.9 Å². The first-order valence-corrected chi connectivity index (χ1v) is 11.7. The Hall–Kier alpha value is -1.72. The van der Waals surface area contributed by atoms with Crippen LogP contribution in [0.25, 0.3) is 0 Å². The number of Topliss-reactive ketones (excluding diaryl/α,β-unsaturated/α-hetero) is 2. The lowest BCUT2D eigenvalue weighted by Gasteiger charge is -2.44. The molecule has 0 spiro atoms. The number of benzene rings is 1. The van der Waals surface area contributed by atoms with Gasteiger partial charge in [-0.2, -0.15) is 0 Å². The molecule has 0 fully saturated rings. The van der Waals surface area contributed by atoms with E-state index in [1.54, 1.807) is 12.1 Å². The van der Waals surface area contributed by atoms with Crippen LogP contribution in [0.5, 0.6) is 5.75 Å². The molecule has 4 nitrogen and oxygen atoms in total. The number of carbonyl (C=O) groups is 2. The van der Waals surface area contributed by atoms with Crippen LogP contribution < -0.4 is 0 Å². The molecular formula is C20H26O4Si. The number of phenols is 1. The van der Waals surface area contributed by atoms with Crippen molar-refractivity contribution in [3.63, 3.8) is 0 Å². The molecule has 25 heavy (non-hydrogen) atoms. The number of aromatic hydroxyl groups is 1. The van der Waals surface area contributed by atoms with Gasteiger partial charge in [0.1, 0.15) is 5.75 Å². The van der Waals surface area contributed by atoms with E-state index in [1.807, 2.05) is 12.2 Å². The lowest BCUT2D eigenvalue weighted by atomic mass is 9.68. The molecule has 1 N–H and O–H groups in total. The highest BCUT2D eigenvalue weighted by atomic mass is 28.4. The van der Waals surface area contributed by atoms with E-state index in [-0.39, 0.29) is 27.9 Å². The fourth-order valence-electron chi connectivity index (χ4n) is 3.46.